The van der Waals surface area contributed by atoms with Crippen molar-refractivity contribution in [1.82, 2.24) is 15.6 Å². The molecule has 0 saturated heterocycles. The second-order valence-electron chi connectivity index (χ2n) is 5.54. The minimum Gasteiger partial charge on any atom is -0.351 e. The Morgan fingerprint density at radius 3 is 2.65 bits per heavy atom. The van der Waals surface area contributed by atoms with Gasteiger partial charge in [-0.15, -0.1) is 11.3 Å². The van der Waals surface area contributed by atoms with Crippen molar-refractivity contribution in [3.05, 3.63) is 50.7 Å². The normalized spacial score (nSPS) is 13.0. The van der Waals surface area contributed by atoms with Crippen LogP contribution in [0.15, 0.2) is 23.2 Å². The topological polar surface area (TPSA) is 49.3 Å². The summed E-state index contributed by atoms with van der Waals surface area (Å²) in [6.07, 6.45) is 0. The average molecular weight is 334 g/mol. The molecule has 1 aromatic heterocycles. The van der Waals surface area contributed by atoms with E-state index in [1.807, 2.05) is 26.8 Å². The molecule has 4 nitrogen and oxygen atoms in total. The van der Waals surface area contributed by atoms with E-state index in [4.69, 9.17) is 0 Å². The minimum absolute atomic E-state index is 0.0411. The smallest absolute Gasteiger partial charge is 0.191 e. The van der Waals surface area contributed by atoms with Crippen LogP contribution in [0.3, 0.4) is 0 Å². The summed E-state index contributed by atoms with van der Waals surface area (Å²) in [6.45, 7) is 8.43. The Balaban J connectivity index is 1.98. The maximum Gasteiger partial charge on any atom is 0.191 e. The van der Waals surface area contributed by atoms with Crippen LogP contribution in [0.1, 0.15) is 39.7 Å². The van der Waals surface area contributed by atoms with Gasteiger partial charge in [0.15, 0.2) is 5.96 Å². The van der Waals surface area contributed by atoms with E-state index >= 15 is 0 Å². The molecule has 1 unspecified atom stereocenters. The molecule has 0 amide bonds. The first-order chi connectivity index (χ1) is 10.9. The highest BCUT2D eigenvalue weighted by molar-refractivity contribution is 7.11. The zero-order chi connectivity index (χ0) is 17.0. The molecule has 0 saturated carbocycles. The lowest BCUT2D eigenvalue weighted by molar-refractivity contribution is 0.607. The molecule has 2 rings (SSSR count). The molecule has 0 aliphatic rings. The Bertz CT molecular complexity index is 709. The molecule has 0 radical (unpaired) electrons. The standard InChI is InChI=1S/C17H23FN4S/c1-10-6-7-14(8-15(10)18)11(2)22-17(19-5)20-9-16-12(3)21-13(4)23-16/h6-8,11H,9H2,1-5H3,(H2,19,20,22). The molecule has 0 fully saturated rings. The Morgan fingerprint density at radius 2 is 2.09 bits per heavy atom. The SMILES string of the molecule is CN=C(NCc1sc(C)nc1C)NC(C)c1ccc(C)c(F)c1. The number of guanidine groups is 1. The number of rotatable bonds is 4. The summed E-state index contributed by atoms with van der Waals surface area (Å²) in [6, 6.07) is 5.25. The van der Waals surface area contributed by atoms with E-state index in [1.165, 1.54) is 4.88 Å². The van der Waals surface area contributed by atoms with Gasteiger partial charge in [0, 0.05) is 11.9 Å². The molecule has 0 aliphatic heterocycles. The number of nitrogens with zero attached hydrogens (tertiary/aromatic N) is 2. The minimum atomic E-state index is -0.185. The fraction of sp³-hybridized carbons (Fsp3) is 0.412. The molecular formula is C17H23FN4S. The van der Waals surface area contributed by atoms with Crippen LogP contribution in [-0.2, 0) is 6.54 Å². The third-order valence-electron chi connectivity index (χ3n) is 3.69. The van der Waals surface area contributed by atoms with Gasteiger partial charge in [0.1, 0.15) is 5.82 Å². The highest BCUT2D eigenvalue weighted by Gasteiger charge is 2.11. The molecule has 23 heavy (non-hydrogen) atoms. The Kier molecular flexibility index (Phi) is 5.71. The summed E-state index contributed by atoms with van der Waals surface area (Å²) in [7, 11) is 1.72. The third-order valence-corrected chi connectivity index (χ3v) is 4.76. The van der Waals surface area contributed by atoms with Gasteiger partial charge in [0.2, 0.25) is 0 Å². The average Bonchev–Trinajstić information content (AvgIpc) is 2.83. The van der Waals surface area contributed by atoms with Gasteiger partial charge < -0.3 is 10.6 Å². The second kappa shape index (κ2) is 7.55. The van der Waals surface area contributed by atoms with E-state index in [9.17, 15) is 4.39 Å². The van der Waals surface area contributed by atoms with Crippen LogP contribution in [0.25, 0.3) is 0 Å². The molecule has 2 N–H and O–H groups in total. The molecule has 1 heterocycles. The maximum absolute atomic E-state index is 13.7. The van der Waals surface area contributed by atoms with Gasteiger partial charge in [-0.2, -0.15) is 0 Å². The first kappa shape index (κ1) is 17.4. The van der Waals surface area contributed by atoms with Crippen LogP contribution < -0.4 is 10.6 Å². The quantitative estimate of drug-likeness (QED) is 0.663. The van der Waals surface area contributed by atoms with Crippen molar-refractivity contribution in [3.63, 3.8) is 0 Å². The number of aliphatic imine (C=N–C) groups is 1. The summed E-state index contributed by atoms with van der Waals surface area (Å²) >= 11 is 1.68. The number of aryl methyl sites for hydroxylation is 3. The summed E-state index contributed by atoms with van der Waals surface area (Å²) in [5.41, 5.74) is 2.59. The van der Waals surface area contributed by atoms with Crippen LogP contribution in [-0.4, -0.2) is 18.0 Å². The zero-order valence-electron chi connectivity index (χ0n) is 14.2. The van der Waals surface area contributed by atoms with Crippen molar-refractivity contribution in [1.29, 1.82) is 0 Å². The van der Waals surface area contributed by atoms with Crippen molar-refractivity contribution in [2.45, 2.75) is 40.3 Å². The molecule has 124 valence electrons. The number of hydrogen-bond donors (Lipinski definition) is 2. The van der Waals surface area contributed by atoms with E-state index in [-0.39, 0.29) is 11.9 Å². The largest absolute Gasteiger partial charge is 0.351 e. The molecular weight excluding hydrogens is 311 g/mol. The summed E-state index contributed by atoms with van der Waals surface area (Å²) in [5.74, 6) is 0.499. The molecule has 0 bridgehead atoms. The number of hydrogen-bond acceptors (Lipinski definition) is 3. The zero-order valence-corrected chi connectivity index (χ0v) is 15.0. The summed E-state index contributed by atoms with van der Waals surface area (Å²) in [4.78, 5) is 9.84. The number of nitrogens with one attached hydrogen (secondary N) is 2. The van der Waals surface area contributed by atoms with Gasteiger partial charge >= 0.3 is 0 Å². The first-order valence-electron chi connectivity index (χ1n) is 7.57. The predicted octanol–water partition coefficient (Wildman–Crippen LogP) is 3.63. The van der Waals surface area contributed by atoms with E-state index in [0.717, 1.165) is 16.3 Å². The molecule has 1 atom stereocenters. The van der Waals surface area contributed by atoms with Gasteiger partial charge in [-0.25, -0.2) is 9.37 Å². The number of thiazole rings is 1. The van der Waals surface area contributed by atoms with E-state index in [0.29, 0.717) is 18.1 Å². The summed E-state index contributed by atoms with van der Waals surface area (Å²) in [5, 5.41) is 7.63. The lowest BCUT2D eigenvalue weighted by Crippen LogP contribution is -2.38. The predicted molar refractivity (Wildman–Crippen MR) is 94.5 cm³/mol. The highest BCUT2D eigenvalue weighted by atomic mass is 32.1. The number of aromatic nitrogens is 1. The van der Waals surface area contributed by atoms with Gasteiger partial charge in [0.25, 0.3) is 0 Å². The lowest BCUT2D eigenvalue weighted by Gasteiger charge is -2.18. The van der Waals surface area contributed by atoms with Crippen molar-refractivity contribution in [2.75, 3.05) is 7.05 Å². The monoisotopic (exact) mass is 334 g/mol. The maximum atomic E-state index is 13.7. The first-order valence-corrected chi connectivity index (χ1v) is 8.38. The Hall–Kier alpha value is -1.95. The van der Waals surface area contributed by atoms with Gasteiger partial charge in [0.05, 0.1) is 23.3 Å². The Labute approximate surface area is 140 Å². The van der Waals surface area contributed by atoms with Gasteiger partial charge in [-0.1, -0.05) is 12.1 Å². The van der Waals surface area contributed by atoms with Crippen molar-refractivity contribution in [3.8, 4) is 0 Å². The van der Waals surface area contributed by atoms with Crippen molar-refractivity contribution < 1.29 is 4.39 Å². The van der Waals surface area contributed by atoms with E-state index in [1.54, 1.807) is 37.4 Å². The van der Waals surface area contributed by atoms with Crippen LogP contribution in [0, 0.1) is 26.6 Å². The van der Waals surface area contributed by atoms with Crippen molar-refractivity contribution in [2.24, 2.45) is 4.99 Å². The molecule has 1 aromatic carbocycles. The molecule has 0 aliphatic carbocycles. The van der Waals surface area contributed by atoms with Crippen LogP contribution in [0.5, 0.6) is 0 Å². The molecule has 0 spiro atoms. The molecule has 2 aromatic rings. The van der Waals surface area contributed by atoms with Crippen LogP contribution >= 0.6 is 11.3 Å². The van der Waals surface area contributed by atoms with Crippen LogP contribution in [0.2, 0.25) is 0 Å². The lowest BCUT2D eigenvalue weighted by atomic mass is 10.1. The Morgan fingerprint density at radius 1 is 1.35 bits per heavy atom. The highest BCUT2D eigenvalue weighted by Crippen LogP contribution is 2.18. The fourth-order valence-electron chi connectivity index (χ4n) is 2.26. The van der Waals surface area contributed by atoms with Gasteiger partial charge in [-0.05, 0) is 44.9 Å². The van der Waals surface area contributed by atoms with Gasteiger partial charge in [-0.3, -0.25) is 4.99 Å². The van der Waals surface area contributed by atoms with E-state index in [2.05, 4.69) is 20.6 Å². The third kappa shape index (κ3) is 4.51. The fourth-order valence-corrected chi connectivity index (χ4v) is 3.14. The van der Waals surface area contributed by atoms with Crippen molar-refractivity contribution >= 4 is 17.3 Å². The second-order valence-corrected chi connectivity index (χ2v) is 6.83. The van der Waals surface area contributed by atoms with Crippen LogP contribution in [0.4, 0.5) is 4.39 Å². The van der Waals surface area contributed by atoms with E-state index < -0.39 is 0 Å². The number of benzene rings is 1. The summed E-state index contributed by atoms with van der Waals surface area (Å²) < 4.78 is 13.7. The molecule has 6 heteroatoms. The number of halogens is 1.